The van der Waals surface area contributed by atoms with Crippen LogP contribution in [0, 0.1) is 11.6 Å². The standard InChI is InChI=1S/C33H37ClF3N5O4/c1-32(2,3)46-31(44)42-19-8-9-20(42)16-40(15-19)29-21-12-22(34)25(26-23(36)6-4-7-24(26)43)27(37)28(21)38-30(39-29)45-17-33-10-5-11-41(33)14-18(35)13-33/h4,6-7,12,18-20,43H,5,8-11,13-17H2,1-3H3/t18-,19?,20?,33+/m1/s1. The normalized spacial score (nSPS) is 26.2. The molecule has 5 heterocycles. The molecule has 0 spiro atoms. The molecule has 4 fully saturated rings. The van der Waals surface area contributed by atoms with Crippen LogP contribution in [0.4, 0.5) is 23.8 Å². The monoisotopic (exact) mass is 659 g/mol. The van der Waals surface area contributed by atoms with Gasteiger partial charge in [-0.3, -0.25) is 9.80 Å². The van der Waals surface area contributed by atoms with Crippen molar-refractivity contribution in [1.29, 1.82) is 0 Å². The number of ether oxygens (including phenoxy) is 2. The van der Waals surface area contributed by atoms with Crippen molar-refractivity contribution < 1.29 is 32.5 Å². The SMILES string of the molecule is CC(C)(C)OC(=O)N1C2CCC1CN(c1nc(OC[C@@]34CCCN3C[C@H](F)C4)nc3c(F)c(-c4c(O)cccc4F)c(Cl)cc13)C2. The number of anilines is 1. The Hall–Kier alpha value is -3.51. The van der Waals surface area contributed by atoms with Gasteiger partial charge >= 0.3 is 12.1 Å². The molecule has 2 unspecified atom stereocenters. The third-order valence-corrected chi connectivity index (χ3v) is 10.00. The lowest BCUT2D eigenvalue weighted by atomic mass is 9.95. The number of carbonyl (C=O) groups is 1. The van der Waals surface area contributed by atoms with Crippen LogP contribution in [-0.4, -0.2) is 93.1 Å². The molecule has 7 rings (SSSR count). The zero-order valence-corrected chi connectivity index (χ0v) is 26.8. The zero-order chi connectivity index (χ0) is 32.5. The fourth-order valence-corrected chi connectivity index (χ4v) is 8.08. The van der Waals surface area contributed by atoms with Crippen LogP contribution in [0.1, 0.15) is 52.9 Å². The number of phenols is 1. The lowest BCUT2D eigenvalue weighted by Crippen LogP contribution is -2.57. The van der Waals surface area contributed by atoms with Crippen molar-refractivity contribution in [1.82, 2.24) is 19.8 Å². The molecule has 0 saturated carbocycles. The predicted molar refractivity (Wildman–Crippen MR) is 167 cm³/mol. The van der Waals surface area contributed by atoms with E-state index in [-0.39, 0.29) is 57.8 Å². The predicted octanol–water partition coefficient (Wildman–Crippen LogP) is 6.48. The van der Waals surface area contributed by atoms with Crippen molar-refractivity contribution >= 4 is 34.4 Å². The Morgan fingerprint density at radius 1 is 1.13 bits per heavy atom. The first kappa shape index (κ1) is 31.1. The van der Waals surface area contributed by atoms with Gasteiger partial charge in [-0.25, -0.2) is 18.0 Å². The first-order chi connectivity index (χ1) is 21.8. The summed E-state index contributed by atoms with van der Waals surface area (Å²) in [6.45, 7) is 7.54. The van der Waals surface area contributed by atoms with Crippen molar-refractivity contribution in [2.75, 3.05) is 37.7 Å². The fraction of sp³-hybridized carbons (Fsp3) is 0.545. The van der Waals surface area contributed by atoms with E-state index in [0.717, 1.165) is 38.3 Å². The second kappa shape index (κ2) is 11.3. The average Bonchev–Trinajstić information content (AvgIpc) is 3.59. The van der Waals surface area contributed by atoms with E-state index in [1.807, 2.05) is 25.7 Å². The van der Waals surface area contributed by atoms with E-state index in [0.29, 0.717) is 31.9 Å². The quantitative estimate of drug-likeness (QED) is 0.333. The van der Waals surface area contributed by atoms with Gasteiger partial charge in [0.05, 0.1) is 28.2 Å². The van der Waals surface area contributed by atoms with Crippen molar-refractivity contribution in [3.63, 3.8) is 0 Å². The molecule has 13 heteroatoms. The number of hydrogen-bond donors (Lipinski definition) is 1. The fourth-order valence-electron chi connectivity index (χ4n) is 7.79. The number of benzene rings is 2. The van der Waals surface area contributed by atoms with Crippen molar-refractivity contribution in [3.8, 4) is 22.9 Å². The van der Waals surface area contributed by atoms with Crippen LogP contribution in [0.15, 0.2) is 24.3 Å². The first-order valence-corrected chi connectivity index (χ1v) is 16.2. The summed E-state index contributed by atoms with van der Waals surface area (Å²) < 4.78 is 57.8. The van der Waals surface area contributed by atoms with Crippen LogP contribution in [0.2, 0.25) is 5.02 Å². The third-order valence-electron chi connectivity index (χ3n) is 9.70. The lowest BCUT2D eigenvalue weighted by Gasteiger charge is -2.42. The molecule has 0 aliphatic carbocycles. The van der Waals surface area contributed by atoms with E-state index in [1.54, 1.807) is 4.90 Å². The van der Waals surface area contributed by atoms with E-state index in [9.17, 15) is 18.7 Å². The summed E-state index contributed by atoms with van der Waals surface area (Å²) in [4.78, 5) is 28.2. The molecule has 46 heavy (non-hydrogen) atoms. The minimum absolute atomic E-state index is 0.0992. The minimum atomic E-state index is -0.954. The summed E-state index contributed by atoms with van der Waals surface area (Å²) in [6.07, 6.45) is 2.23. The molecule has 4 aliphatic rings. The van der Waals surface area contributed by atoms with Gasteiger partial charge in [0.1, 0.15) is 41.3 Å². The Morgan fingerprint density at radius 3 is 2.57 bits per heavy atom. The molecular formula is C33H37ClF3N5O4. The Bertz CT molecular complexity index is 1670. The summed E-state index contributed by atoms with van der Waals surface area (Å²) in [6, 6.07) is 4.73. The van der Waals surface area contributed by atoms with Gasteiger partial charge in [0, 0.05) is 37.0 Å². The minimum Gasteiger partial charge on any atom is -0.507 e. The van der Waals surface area contributed by atoms with E-state index >= 15 is 4.39 Å². The number of nitrogens with zero attached hydrogens (tertiary/aromatic N) is 5. The Kier molecular flexibility index (Phi) is 7.66. The highest BCUT2D eigenvalue weighted by atomic mass is 35.5. The van der Waals surface area contributed by atoms with Crippen LogP contribution in [0.5, 0.6) is 11.8 Å². The van der Waals surface area contributed by atoms with E-state index in [1.165, 1.54) is 18.2 Å². The smallest absolute Gasteiger partial charge is 0.410 e. The highest BCUT2D eigenvalue weighted by Gasteiger charge is 2.50. The number of hydrogen-bond acceptors (Lipinski definition) is 8. The van der Waals surface area contributed by atoms with Crippen molar-refractivity contribution in [2.24, 2.45) is 0 Å². The highest BCUT2D eigenvalue weighted by molar-refractivity contribution is 6.34. The lowest BCUT2D eigenvalue weighted by molar-refractivity contribution is 0.0122. The second-order valence-electron chi connectivity index (χ2n) is 13.9. The van der Waals surface area contributed by atoms with E-state index < -0.39 is 34.7 Å². The molecular weight excluding hydrogens is 623 g/mol. The summed E-state index contributed by atoms with van der Waals surface area (Å²) in [5, 5.41) is 10.6. The second-order valence-corrected chi connectivity index (χ2v) is 14.4. The average molecular weight is 660 g/mol. The van der Waals surface area contributed by atoms with Crippen LogP contribution in [0.25, 0.3) is 22.0 Å². The van der Waals surface area contributed by atoms with Gasteiger partial charge < -0.3 is 19.5 Å². The molecule has 1 aromatic heterocycles. The van der Waals surface area contributed by atoms with Crippen molar-refractivity contribution in [2.45, 2.75) is 82.3 Å². The summed E-state index contributed by atoms with van der Waals surface area (Å²) in [7, 11) is 0. The summed E-state index contributed by atoms with van der Waals surface area (Å²) in [5.74, 6) is -1.88. The summed E-state index contributed by atoms with van der Waals surface area (Å²) in [5.41, 5.74) is -1.99. The molecule has 2 aromatic carbocycles. The van der Waals surface area contributed by atoms with Gasteiger partial charge in [0.2, 0.25) is 0 Å². The van der Waals surface area contributed by atoms with Gasteiger partial charge in [0.15, 0.2) is 5.82 Å². The van der Waals surface area contributed by atoms with Gasteiger partial charge in [-0.05, 0) is 71.2 Å². The van der Waals surface area contributed by atoms with Crippen LogP contribution in [-0.2, 0) is 4.74 Å². The number of aromatic hydroxyl groups is 1. The maximum atomic E-state index is 16.5. The zero-order valence-electron chi connectivity index (χ0n) is 26.0. The Labute approximate surface area is 270 Å². The van der Waals surface area contributed by atoms with Gasteiger partial charge in [-0.15, -0.1) is 0 Å². The molecule has 1 N–H and O–H groups in total. The number of fused-ring (bicyclic) bond motifs is 4. The molecule has 9 nitrogen and oxygen atoms in total. The number of carbonyl (C=O) groups excluding carboxylic acids is 1. The van der Waals surface area contributed by atoms with Crippen LogP contribution < -0.4 is 9.64 Å². The molecule has 1 amide bonds. The van der Waals surface area contributed by atoms with Gasteiger partial charge in [0.25, 0.3) is 0 Å². The van der Waals surface area contributed by atoms with E-state index in [4.69, 9.17) is 26.1 Å². The number of halogens is 4. The number of amides is 1. The molecule has 246 valence electrons. The Balaban J connectivity index is 1.30. The third kappa shape index (κ3) is 5.36. The molecule has 4 atom stereocenters. The number of aromatic nitrogens is 2. The van der Waals surface area contributed by atoms with Gasteiger partial charge in [-0.2, -0.15) is 9.97 Å². The number of rotatable bonds is 5. The van der Waals surface area contributed by atoms with Crippen molar-refractivity contribution in [3.05, 3.63) is 40.9 Å². The number of piperazine rings is 1. The summed E-state index contributed by atoms with van der Waals surface area (Å²) >= 11 is 6.62. The number of alkyl halides is 1. The first-order valence-electron chi connectivity index (χ1n) is 15.8. The largest absolute Gasteiger partial charge is 0.507 e. The number of phenolic OH excluding ortho intramolecular Hbond substituents is 1. The highest BCUT2D eigenvalue weighted by Crippen LogP contribution is 2.45. The molecule has 4 aliphatic heterocycles. The molecule has 4 saturated heterocycles. The maximum absolute atomic E-state index is 16.5. The molecule has 0 radical (unpaired) electrons. The maximum Gasteiger partial charge on any atom is 0.410 e. The van der Waals surface area contributed by atoms with Crippen LogP contribution in [0.3, 0.4) is 0 Å². The van der Waals surface area contributed by atoms with E-state index in [2.05, 4.69) is 9.88 Å². The molecule has 3 aromatic rings. The van der Waals surface area contributed by atoms with Gasteiger partial charge in [-0.1, -0.05) is 17.7 Å². The molecule has 2 bridgehead atoms. The van der Waals surface area contributed by atoms with Crippen LogP contribution >= 0.6 is 11.6 Å². The topological polar surface area (TPSA) is 91.3 Å². The Morgan fingerprint density at radius 2 is 1.87 bits per heavy atom.